The predicted molar refractivity (Wildman–Crippen MR) is 116 cm³/mol. The molecule has 0 unspecified atom stereocenters. The van der Waals surface area contributed by atoms with Gasteiger partial charge in [0.1, 0.15) is 0 Å². The van der Waals surface area contributed by atoms with Crippen LogP contribution in [0.1, 0.15) is 23.4 Å². The van der Waals surface area contributed by atoms with Crippen LogP contribution in [0.5, 0.6) is 0 Å². The first-order valence-electron chi connectivity index (χ1n) is 9.20. The smallest absolute Gasteiger partial charge is 0.293 e. The van der Waals surface area contributed by atoms with Crippen molar-refractivity contribution in [2.45, 2.75) is 25.2 Å². The van der Waals surface area contributed by atoms with Gasteiger partial charge >= 0.3 is 0 Å². The van der Waals surface area contributed by atoms with E-state index in [0.29, 0.717) is 24.5 Å². The summed E-state index contributed by atoms with van der Waals surface area (Å²) in [5, 5.41) is 4.88. The molecule has 0 radical (unpaired) electrons. The van der Waals surface area contributed by atoms with Gasteiger partial charge in [-0.25, -0.2) is 13.6 Å². The molecule has 0 atom stereocenters. The number of methoxy groups -OCH3 is 1. The fraction of sp³-hybridized carbons (Fsp3) is 0.300. The highest BCUT2D eigenvalue weighted by Crippen LogP contribution is 2.34. The maximum Gasteiger partial charge on any atom is 0.293 e. The molecule has 1 aliphatic heterocycles. The van der Waals surface area contributed by atoms with E-state index in [4.69, 9.17) is 9.88 Å². The zero-order chi connectivity index (χ0) is 22.1. The van der Waals surface area contributed by atoms with Crippen molar-refractivity contribution in [1.29, 1.82) is 0 Å². The topological polar surface area (TPSA) is 112 Å². The van der Waals surface area contributed by atoms with Crippen LogP contribution in [0, 0.1) is 13.8 Å². The van der Waals surface area contributed by atoms with Gasteiger partial charge in [-0.1, -0.05) is 0 Å². The number of nitrogens with two attached hydrogens (primary N) is 1. The number of ether oxygens (including phenoxy) is 1. The van der Waals surface area contributed by atoms with Crippen molar-refractivity contribution >= 4 is 39.0 Å². The van der Waals surface area contributed by atoms with Crippen LogP contribution >= 0.6 is 11.8 Å². The van der Waals surface area contributed by atoms with Crippen molar-refractivity contribution in [1.82, 2.24) is 9.47 Å². The summed E-state index contributed by atoms with van der Waals surface area (Å²) < 4.78 is 29.9. The number of primary sulfonamides is 1. The number of aromatic nitrogens is 1. The minimum atomic E-state index is -3.76. The van der Waals surface area contributed by atoms with Crippen LogP contribution in [0.2, 0.25) is 0 Å². The lowest BCUT2D eigenvalue weighted by molar-refractivity contribution is -0.122. The summed E-state index contributed by atoms with van der Waals surface area (Å²) in [6, 6.07) is 8.17. The Morgan fingerprint density at radius 3 is 2.43 bits per heavy atom. The molecule has 2 heterocycles. The van der Waals surface area contributed by atoms with E-state index in [1.54, 1.807) is 25.3 Å². The summed E-state index contributed by atoms with van der Waals surface area (Å²) in [6.07, 6.45) is 2.31. The van der Waals surface area contributed by atoms with Crippen molar-refractivity contribution in [2.75, 3.05) is 20.3 Å². The number of amides is 2. The molecule has 0 aliphatic carbocycles. The number of imide groups is 1. The second kappa shape index (κ2) is 8.76. The molecule has 10 heteroatoms. The van der Waals surface area contributed by atoms with E-state index < -0.39 is 10.0 Å². The number of hydrogen-bond acceptors (Lipinski definition) is 6. The van der Waals surface area contributed by atoms with E-state index in [9.17, 15) is 18.0 Å². The number of thioether (sulfide) groups is 1. The number of rotatable bonds is 7. The number of hydrogen-bond donors (Lipinski definition) is 1. The minimum absolute atomic E-state index is 0.0380. The molecule has 3 rings (SSSR count). The zero-order valence-electron chi connectivity index (χ0n) is 16.9. The fourth-order valence-electron chi connectivity index (χ4n) is 3.32. The number of sulfonamides is 1. The molecule has 2 amide bonds. The number of carbonyl (C=O) groups excluding carboxylic acids is 2. The highest BCUT2D eigenvalue weighted by atomic mass is 32.2. The van der Waals surface area contributed by atoms with Crippen LogP contribution in [-0.4, -0.2) is 49.3 Å². The predicted octanol–water partition coefficient (Wildman–Crippen LogP) is 2.81. The molecule has 1 fully saturated rings. The Hall–Kier alpha value is -2.40. The third-order valence-corrected chi connectivity index (χ3v) is 6.62. The van der Waals surface area contributed by atoms with Gasteiger partial charge < -0.3 is 9.30 Å². The molecule has 160 valence electrons. The Morgan fingerprint density at radius 2 is 1.83 bits per heavy atom. The first-order chi connectivity index (χ1) is 14.1. The second-order valence-corrected chi connectivity index (χ2v) is 9.44. The molecule has 0 spiro atoms. The number of benzene rings is 1. The molecule has 1 aromatic carbocycles. The zero-order valence-corrected chi connectivity index (χ0v) is 18.5. The molecule has 1 aromatic heterocycles. The van der Waals surface area contributed by atoms with Crippen LogP contribution in [0.25, 0.3) is 11.8 Å². The number of aryl methyl sites for hydroxylation is 1. The second-order valence-electron chi connectivity index (χ2n) is 6.88. The van der Waals surface area contributed by atoms with Gasteiger partial charge in [0.15, 0.2) is 0 Å². The highest BCUT2D eigenvalue weighted by Gasteiger charge is 2.34. The van der Waals surface area contributed by atoms with Gasteiger partial charge in [0.2, 0.25) is 10.0 Å². The largest absolute Gasteiger partial charge is 0.385 e. The monoisotopic (exact) mass is 449 g/mol. The molecule has 2 aromatic rings. The van der Waals surface area contributed by atoms with E-state index >= 15 is 0 Å². The molecule has 1 aliphatic rings. The van der Waals surface area contributed by atoms with Gasteiger partial charge in [0, 0.05) is 37.3 Å². The Balaban J connectivity index is 1.89. The summed E-state index contributed by atoms with van der Waals surface area (Å²) in [6.45, 7) is 4.61. The van der Waals surface area contributed by atoms with Gasteiger partial charge in [0.05, 0.1) is 9.80 Å². The van der Waals surface area contributed by atoms with Crippen molar-refractivity contribution < 1.29 is 22.7 Å². The SMILES string of the molecule is COCCCN1C(=O)S/C(=C/c2cc(C)n(-c3ccc(S(N)(=O)=O)cc3)c2C)C1=O. The molecule has 2 N–H and O–H groups in total. The van der Waals surface area contributed by atoms with Crippen LogP contribution in [0.3, 0.4) is 0 Å². The summed E-state index contributed by atoms with van der Waals surface area (Å²) >= 11 is 0.927. The lowest BCUT2D eigenvalue weighted by atomic mass is 10.2. The van der Waals surface area contributed by atoms with E-state index in [2.05, 4.69) is 0 Å². The Bertz CT molecular complexity index is 1120. The third-order valence-electron chi connectivity index (χ3n) is 4.78. The highest BCUT2D eigenvalue weighted by molar-refractivity contribution is 8.18. The summed E-state index contributed by atoms with van der Waals surface area (Å²) in [5.41, 5.74) is 3.35. The van der Waals surface area contributed by atoms with Crippen molar-refractivity contribution in [3.05, 3.63) is 52.2 Å². The fourth-order valence-corrected chi connectivity index (χ4v) is 4.69. The third kappa shape index (κ3) is 4.51. The van der Waals surface area contributed by atoms with E-state index in [1.807, 2.05) is 24.5 Å². The minimum Gasteiger partial charge on any atom is -0.385 e. The van der Waals surface area contributed by atoms with Crippen LogP contribution in [0.15, 0.2) is 40.1 Å². The summed E-state index contributed by atoms with van der Waals surface area (Å²) in [7, 11) is -2.19. The lowest BCUT2D eigenvalue weighted by Crippen LogP contribution is -2.29. The van der Waals surface area contributed by atoms with Gasteiger partial charge in [-0.15, -0.1) is 0 Å². The summed E-state index contributed by atoms with van der Waals surface area (Å²) in [4.78, 5) is 26.5. The van der Waals surface area contributed by atoms with Crippen molar-refractivity contribution in [2.24, 2.45) is 5.14 Å². The van der Waals surface area contributed by atoms with E-state index in [-0.39, 0.29) is 16.0 Å². The maximum atomic E-state index is 12.6. The molecule has 0 saturated carbocycles. The Morgan fingerprint density at radius 1 is 1.17 bits per heavy atom. The standard InChI is InChI=1S/C20H23N3O5S2/c1-13-11-15(12-18-19(24)22(20(25)29-18)9-4-10-28-3)14(2)23(13)16-5-7-17(8-6-16)30(21,26)27/h5-8,11-12H,4,9-10H2,1-3H3,(H2,21,26,27)/b18-12+. The van der Waals surface area contributed by atoms with E-state index in [1.165, 1.54) is 17.0 Å². The molecular weight excluding hydrogens is 426 g/mol. The quantitative estimate of drug-likeness (QED) is 0.514. The van der Waals surface area contributed by atoms with Gasteiger partial charge in [-0.2, -0.15) is 0 Å². The molecule has 30 heavy (non-hydrogen) atoms. The van der Waals surface area contributed by atoms with Crippen molar-refractivity contribution in [3.8, 4) is 5.69 Å². The van der Waals surface area contributed by atoms with E-state index in [0.717, 1.165) is 34.4 Å². The Labute approximate surface area is 179 Å². The average Bonchev–Trinajstić information content (AvgIpc) is 3.11. The van der Waals surface area contributed by atoms with Gasteiger partial charge in [-0.05, 0) is 74.0 Å². The summed E-state index contributed by atoms with van der Waals surface area (Å²) in [5.74, 6) is -0.302. The average molecular weight is 450 g/mol. The molecule has 0 bridgehead atoms. The Kier molecular flexibility index (Phi) is 6.51. The van der Waals surface area contributed by atoms with Crippen LogP contribution < -0.4 is 5.14 Å². The lowest BCUT2D eigenvalue weighted by Gasteiger charge is -2.11. The van der Waals surface area contributed by atoms with Crippen LogP contribution in [-0.2, 0) is 19.6 Å². The first kappa shape index (κ1) is 22.3. The molecule has 8 nitrogen and oxygen atoms in total. The molecular formula is C20H23N3O5S2. The van der Waals surface area contributed by atoms with Crippen molar-refractivity contribution in [3.63, 3.8) is 0 Å². The first-order valence-corrected chi connectivity index (χ1v) is 11.6. The normalized spacial score (nSPS) is 16.1. The van der Waals surface area contributed by atoms with Crippen LogP contribution in [0.4, 0.5) is 4.79 Å². The van der Waals surface area contributed by atoms with Gasteiger partial charge in [-0.3, -0.25) is 14.5 Å². The maximum absolute atomic E-state index is 12.6. The number of carbonyl (C=O) groups is 2. The van der Waals surface area contributed by atoms with Gasteiger partial charge in [0.25, 0.3) is 11.1 Å². The number of nitrogens with zero attached hydrogens (tertiary/aromatic N) is 2. The molecule has 1 saturated heterocycles.